The summed E-state index contributed by atoms with van der Waals surface area (Å²) in [6.07, 6.45) is 6.20. The van der Waals surface area contributed by atoms with E-state index in [2.05, 4.69) is 36.1 Å². The topological polar surface area (TPSA) is 21.1 Å². The van der Waals surface area contributed by atoms with Gasteiger partial charge in [-0.3, -0.25) is 4.68 Å². The van der Waals surface area contributed by atoms with Crippen LogP contribution in [0.4, 0.5) is 0 Å². The highest BCUT2D eigenvalue weighted by molar-refractivity contribution is 5.52. The Kier molecular flexibility index (Phi) is 1.87. The van der Waals surface area contributed by atoms with Crippen LogP contribution in [0.3, 0.4) is 0 Å². The van der Waals surface area contributed by atoms with Gasteiger partial charge < -0.3 is 4.90 Å². The maximum Gasteiger partial charge on any atom is 0.0646 e. The molecule has 70 valence electrons. The molecule has 2 heterocycles. The Bertz CT molecular complexity index is 336. The summed E-state index contributed by atoms with van der Waals surface area (Å²) in [6, 6.07) is 0.555. The van der Waals surface area contributed by atoms with Crippen LogP contribution in [0.15, 0.2) is 12.4 Å². The lowest BCUT2D eigenvalue weighted by Gasteiger charge is -2.27. The molecule has 0 bridgehead atoms. The van der Waals surface area contributed by atoms with Gasteiger partial charge in [0.2, 0.25) is 0 Å². The van der Waals surface area contributed by atoms with Crippen molar-refractivity contribution < 1.29 is 0 Å². The summed E-state index contributed by atoms with van der Waals surface area (Å²) >= 11 is 0. The first kappa shape index (κ1) is 8.35. The van der Waals surface area contributed by atoms with E-state index in [4.69, 9.17) is 0 Å². The summed E-state index contributed by atoms with van der Waals surface area (Å²) < 4.78 is 1.95. The Labute approximate surface area is 78.7 Å². The van der Waals surface area contributed by atoms with E-state index < -0.39 is 0 Å². The molecule has 0 saturated heterocycles. The molecule has 3 nitrogen and oxygen atoms in total. The van der Waals surface area contributed by atoms with Crippen molar-refractivity contribution in [3.8, 4) is 0 Å². The number of nitrogens with zero attached hydrogens (tertiary/aromatic N) is 3. The van der Waals surface area contributed by atoms with Gasteiger partial charge >= 0.3 is 0 Å². The molecule has 1 aliphatic rings. The molecule has 0 spiro atoms. The lowest BCUT2D eigenvalue weighted by atomic mass is 10.1. The molecule has 1 aromatic heterocycles. The second-order valence-corrected chi connectivity index (χ2v) is 3.75. The largest absolute Gasteiger partial charge is 0.369 e. The van der Waals surface area contributed by atoms with E-state index in [9.17, 15) is 0 Å². The quantitative estimate of drug-likeness (QED) is 0.650. The highest BCUT2D eigenvalue weighted by Gasteiger charge is 2.15. The van der Waals surface area contributed by atoms with Gasteiger partial charge in [-0.1, -0.05) is 0 Å². The molecule has 0 aliphatic carbocycles. The fourth-order valence-corrected chi connectivity index (χ4v) is 1.57. The number of hydrogen-bond donors (Lipinski definition) is 0. The van der Waals surface area contributed by atoms with Crippen molar-refractivity contribution in [1.82, 2.24) is 14.7 Å². The minimum absolute atomic E-state index is 0.555. The fraction of sp³-hybridized carbons (Fsp3) is 0.500. The van der Waals surface area contributed by atoms with Crippen LogP contribution in [0.1, 0.15) is 25.1 Å². The van der Waals surface area contributed by atoms with Crippen molar-refractivity contribution in [3.05, 3.63) is 23.7 Å². The summed E-state index contributed by atoms with van der Waals surface area (Å²) in [4.78, 5) is 2.31. The first-order valence-corrected chi connectivity index (χ1v) is 4.63. The summed E-state index contributed by atoms with van der Waals surface area (Å²) in [6.45, 7) is 5.37. The maximum absolute atomic E-state index is 4.23. The standard InChI is InChI=1S/C10H15N3/c1-8(2)13-5-4-9-6-11-12(3)10(9)7-13/h4-6,8H,7H2,1-3H3. The van der Waals surface area contributed by atoms with Gasteiger partial charge in [-0.15, -0.1) is 0 Å². The third-order valence-electron chi connectivity index (χ3n) is 2.54. The molecular weight excluding hydrogens is 162 g/mol. The van der Waals surface area contributed by atoms with Gasteiger partial charge in [-0.25, -0.2) is 0 Å². The fourth-order valence-electron chi connectivity index (χ4n) is 1.57. The Hall–Kier alpha value is -1.25. The van der Waals surface area contributed by atoms with Gasteiger partial charge in [0, 0.05) is 24.9 Å². The van der Waals surface area contributed by atoms with Crippen molar-refractivity contribution in [1.29, 1.82) is 0 Å². The highest BCUT2D eigenvalue weighted by atomic mass is 15.3. The van der Waals surface area contributed by atoms with Gasteiger partial charge in [0.15, 0.2) is 0 Å². The van der Waals surface area contributed by atoms with Crippen LogP contribution >= 0.6 is 0 Å². The predicted molar refractivity (Wildman–Crippen MR) is 52.9 cm³/mol. The molecule has 0 fully saturated rings. The van der Waals surface area contributed by atoms with E-state index in [-0.39, 0.29) is 0 Å². The Morgan fingerprint density at radius 1 is 1.46 bits per heavy atom. The van der Waals surface area contributed by atoms with Crippen LogP contribution in [0.2, 0.25) is 0 Å². The van der Waals surface area contributed by atoms with E-state index in [1.165, 1.54) is 11.3 Å². The molecule has 0 unspecified atom stereocenters. The Balaban J connectivity index is 2.31. The monoisotopic (exact) mass is 177 g/mol. The van der Waals surface area contributed by atoms with E-state index in [1.807, 2.05) is 17.9 Å². The first-order chi connectivity index (χ1) is 6.18. The minimum atomic E-state index is 0.555. The molecule has 3 heteroatoms. The molecule has 2 rings (SSSR count). The number of rotatable bonds is 1. The van der Waals surface area contributed by atoms with E-state index >= 15 is 0 Å². The molecule has 0 amide bonds. The molecule has 0 atom stereocenters. The third kappa shape index (κ3) is 1.34. The molecule has 1 aromatic rings. The second kappa shape index (κ2) is 2.91. The van der Waals surface area contributed by atoms with Crippen molar-refractivity contribution in [2.24, 2.45) is 7.05 Å². The number of aryl methyl sites for hydroxylation is 1. The zero-order chi connectivity index (χ0) is 9.42. The van der Waals surface area contributed by atoms with Crippen LogP contribution in [0, 0.1) is 0 Å². The molecule has 13 heavy (non-hydrogen) atoms. The SMILES string of the molecule is CC(C)N1C=Cc2cnn(C)c2C1. The highest BCUT2D eigenvalue weighted by Crippen LogP contribution is 2.19. The van der Waals surface area contributed by atoms with Crippen molar-refractivity contribution in [2.75, 3.05) is 0 Å². The van der Waals surface area contributed by atoms with Gasteiger partial charge in [0.05, 0.1) is 18.4 Å². The number of hydrogen-bond acceptors (Lipinski definition) is 2. The summed E-state index contributed by atoms with van der Waals surface area (Å²) in [5.41, 5.74) is 2.55. The number of fused-ring (bicyclic) bond motifs is 1. The van der Waals surface area contributed by atoms with Crippen LogP contribution in [0.25, 0.3) is 6.08 Å². The average Bonchev–Trinajstić information content (AvgIpc) is 2.47. The molecule has 1 aliphatic heterocycles. The number of aromatic nitrogens is 2. The summed E-state index contributed by atoms with van der Waals surface area (Å²) in [5, 5.41) is 4.23. The summed E-state index contributed by atoms with van der Waals surface area (Å²) in [5.74, 6) is 0. The Morgan fingerprint density at radius 2 is 2.23 bits per heavy atom. The van der Waals surface area contributed by atoms with E-state index in [0.29, 0.717) is 6.04 Å². The van der Waals surface area contributed by atoms with Crippen LogP contribution < -0.4 is 0 Å². The molecular formula is C10H15N3. The molecule has 0 radical (unpaired) electrons. The maximum atomic E-state index is 4.23. The smallest absolute Gasteiger partial charge is 0.0646 e. The van der Waals surface area contributed by atoms with E-state index in [1.54, 1.807) is 0 Å². The average molecular weight is 177 g/mol. The van der Waals surface area contributed by atoms with Crippen LogP contribution in [0.5, 0.6) is 0 Å². The van der Waals surface area contributed by atoms with E-state index in [0.717, 1.165) is 6.54 Å². The third-order valence-corrected chi connectivity index (χ3v) is 2.54. The van der Waals surface area contributed by atoms with Gasteiger partial charge in [0.25, 0.3) is 0 Å². The zero-order valence-electron chi connectivity index (χ0n) is 8.36. The predicted octanol–water partition coefficient (Wildman–Crippen LogP) is 1.61. The van der Waals surface area contributed by atoms with Crippen molar-refractivity contribution in [3.63, 3.8) is 0 Å². The van der Waals surface area contributed by atoms with Crippen molar-refractivity contribution >= 4 is 6.08 Å². The lowest BCUT2D eigenvalue weighted by molar-refractivity contribution is 0.293. The Morgan fingerprint density at radius 3 is 2.92 bits per heavy atom. The minimum Gasteiger partial charge on any atom is -0.369 e. The molecule has 0 saturated carbocycles. The van der Waals surface area contributed by atoms with Crippen molar-refractivity contribution in [2.45, 2.75) is 26.4 Å². The van der Waals surface area contributed by atoms with Crippen LogP contribution in [-0.4, -0.2) is 20.7 Å². The lowest BCUT2D eigenvalue weighted by Crippen LogP contribution is -2.27. The van der Waals surface area contributed by atoms with Gasteiger partial charge in [0.1, 0.15) is 0 Å². The molecule has 0 aromatic carbocycles. The van der Waals surface area contributed by atoms with Gasteiger partial charge in [-0.2, -0.15) is 5.10 Å². The first-order valence-electron chi connectivity index (χ1n) is 4.63. The zero-order valence-corrected chi connectivity index (χ0v) is 8.36. The normalized spacial score (nSPS) is 15.2. The van der Waals surface area contributed by atoms with Crippen LogP contribution in [-0.2, 0) is 13.6 Å². The second-order valence-electron chi connectivity index (χ2n) is 3.75. The molecule has 0 N–H and O–H groups in total. The van der Waals surface area contributed by atoms with Gasteiger partial charge in [-0.05, 0) is 19.9 Å². The summed E-state index contributed by atoms with van der Waals surface area (Å²) in [7, 11) is 2.00.